The molecule has 116 heavy (non-hydrogen) atoms. The molecule has 7 aromatic rings. The van der Waals surface area contributed by atoms with E-state index < -0.39 is 157 Å². The Balaban J connectivity index is 1.00. The minimum atomic E-state index is -2.07. The average Bonchev–Trinajstić information content (AvgIpc) is 1.59. The summed E-state index contributed by atoms with van der Waals surface area (Å²) in [6.45, 7) is 3.27. The number of hydrogen-bond acceptors (Lipinski definition) is 20. The van der Waals surface area contributed by atoms with Crippen molar-refractivity contribution in [1.82, 2.24) is 72.7 Å². The zero-order valence-electron chi connectivity index (χ0n) is 64.3. The van der Waals surface area contributed by atoms with E-state index in [-0.39, 0.29) is 98.0 Å². The van der Waals surface area contributed by atoms with E-state index in [2.05, 4.69) is 67.8 Å². The topological polar surface area (TPSA) is 480 Å². The van der Waals surface area contributed by atoms with Gasteiger partial charge in [-0.2, -0.15) is 23.5 Å². The number of fused-ring (bicyclic) bond motifs is 5. The Kier molecular flexibility index (Phi) is 34.3. The van der Waals surface area contributed by atoms with Crippen LogP contribution in [0.2, 0.25) is 0 Å². The summed E-state index contributed by atoms with van der Waals surface area (Å²) >= 11 is 2.74. The number of H-pyrrole nitrogens is 3. The number of aromatic hydroxyl groups is 1. The number of nitrogens with one attached hydrogen (secondary N) is 12. The van der Waals surface area contributed by atoms with Crippen molar-refractivity contribution in [3.63, 3.8) is 0 Å². The molecule has 624 valence electrons. The van der Waals surface area contributed by atoms with E-state index in [0.29, 0.717) is 91.5 Å². The number of phenols is 1. The quantitative estimate of drug-likeness (QED) is 0.0313. The lowest BCUT2D eigenvalue weighted by atomic mass is 9.95. The summed E-state index contributed by atoms with van der Waals surface area (Å²) in [5.41, 5.74) is 8.05. The maximum Gasteiger partial charge on any atom is 0.305 e. The second kappa shape index (κ2) is 44.8. The number of methoxy groups -OCH3 is 1. The third-order valence-electron chi connectivity index (χ3n) is 19.5. The minimum absolute atomic E-state index is 0.00113. The summed E-state index contributed by atoms with van der Waals surface area (Å²) in [6.07, 6.45) is 3.87. The highest BCUT2D eigenvalue weighted by Gasteiger charge is 2.49. The van der Waals surface area contributed by atoms with Crippen LogP contribution in [0.15, 0.2) is 110 Å². The van der Waals surface area contributed by atoms with Crippen LogP contribution in [-0.4, -0.2) is 238 Å². The van der Waals surface area contributed by atoms with Gasteiger partial charge in [-0.1, -0.05) is 36.4 Å². The summed E-state index contributed by atoms with van der Waals surface area (Å²) in [4.78, 5) is 186. The molecule has 37 heteroatoms. The van der Waals surface area contributed by atoms with Crippen molar-refractivity contribution < 1.29 is 95.5 Å². The van der Waals surface area contributed by atoms with Gasteiger partial charge in [0.2, 0.25) is 65.0 Å². The Morgan fingerprint density at radius 2 is 1.22 bits per heavy atom. The second-order valence-corrected chi connectivity index (χ2v) is 30.4. The average molecular weight is 1650 g/mol. The van der Waals surface area contributed by atoms with Crippen LogP contribution in [0.25, 0.3) is 21.8 Å². The number of halogens is 2. The van der Waals surface area contributed by atoms with Gasteiger partial charge in [-0.05, 0) is 115 Å². The molecule has 1 fully saturated rings. The van der Waals surface area contributed by atoms with Gasteiger partial charge in [0.25, 0.3) is 0 Å². The molecule has 4 aromatic carbocycles. The predicted molar refractivity (Wildman–Crippen MR) is 425 cm³/mol. The van der Waals surface area contributed by atoms with Crippen molar-refractivity contribution in [3.05, 3.63) is 155 Å². The third kappa shape index (κ3) is 27.3. The van der Waals surface area contributed by atoms with Gasteiger partial charge in [0, 0.05) is 128 Å². The lowest BCUT2D eigenvalue weighted by Gasteiger charge is -2.37. The fourth-order valence-corrected chi connectivity index (χ4v) is 15.2. The van der Waals surface area contributed by atoms with Crippen LogP contribution in [0.3, 0.4) is 0 Å². The summed E-state index contributed by atoms with van der Waals surface area (Å²) in [6, 6.07) is 9.56. The number of amides is 11. The predicted octanol–water partition coefficient (Wildman–Crippen LogP) is 2.42. The molecule has 5 heterocycles. The standard InChI is InChI=1S/C79H99F2N15O18S2/c1-79-20-6-22-96(79)77(109)65(32-47-10-14-55(97)15-11-47)94-75(107)63(37-54-41-83-46-88-54)92-76(108)64(38-70(101)102)93-74(106)62(34-51-40-86-59-17-13-53(81)36-57(51)59)91-73(105)61(33-50-39-85-58-16-12-52(80)35-56(50)58)90-69(100)42-87-72(104)60(9-3-4-21-84-67(98)18-23-112-26-27-114-29-28-113-25-24-111-2)89-68(99)19-30-115-43-48-7-5-8-49(31-48)44-116-45-66(71(82)103)95-78(79)110/h5,7-8,10-17,31,35-36,39-41,46,60-66,85-86,97H,3-4,6,9,18-30,32-34,37-38,42-45H2,1-2H3,(H2,82,103)(H,83,88)(H,84,98)(H,87,104)(H,89,99)(H,90,100)(H,91,105)(H,92,108)(H,93,106)(H,94,107)(H,95,110)(H,101,102)/t60-,61-,62-,63-,64-,65-,66-,79-/m0/s1. The van der Waals surface area contributed by atoms with Crippen molar-refractivity contribution >= 4 is 116 Å². The molecule has 0 spiro atoms. The van der Waals surface area contributed by atoms with E-state index >= 15 is 28.0 Å². The molecular formula is C79H99F2N15O18S2. The molecule has 0 radical (unpaired) electrons. The SMILES string of the molecule is COCCOCCOCCOCCC(=O)NCCCC[C@@H]1NC(=O)CCSCc2cccc(c2)CSC[C@@H](C(N)=O)NC(=O)[C@]2(C)CCCN2C(=O)[C@H](Cc2ccc(O)cc2)NC(=O)[C@H](Cc2cnc[nH]2)NC(=O)[C@H](CC(=O)O)NC(=O)[C@H](Cc2c[nH]c3ccc(F)cc23)NC(=O)[C@H](Cc2c[nH]c3ccc(F)cc23)NC(=O)CNC1=O. The van der Waals surface area contributed by atoms with Gasteiger partial charge in [0.1, 0.15) is 65.2 Å². The number of unbranched alkanes of at least 4 members (excludes halogenated alkanes) is 1. The summed E-state index contributed by atoms with van der Waals surface area (Å²) < 4.78 is 51.4. The van der Waals surface area contributed by atoms with Crippen LogP contribution in [-0.2, 0) is 114 Å². The van der Waals surface area contributed by atoms with E-state index in [1.807, 2.05) is 24.3 Å². The number of carboxylic acid groups (broad SMARTS) is 1. The van der Waals surface area contributed by atoms with Crippen LogP contribution in [0.4, 0.5) is 8.78 Å². The number of benzene rings is 4. The van der Waals surface area contributed by atoms with Crippen LogP contribution in [0.5, 0.6) is 5.75 Å². The smallest absolute Gasteiger partial charge is 0.305 e. The molecule has 9 rings (SSSR count). The van der Waals surface area contributed by atoms with Crippen LogP contribution in [0.1, 0.15) is 91.8 Å². The number of thioether (sulfide) groups is 2. The number of primary amides is 1. The molecule has 2 aliphatic rings. The molecule has 11 amide bonds. The zero-order chi connectivity index (χ0) is 83.1. The minimum Gasteiger partial charge on any atom is -0.508 e. The van der Waals surface area contributed by atoms with Crippen molar-refractivity contribution in [2.45, 2.75) is 143 Å². The van der Waals surface area contributed by atoms with Gasteiger partial charge in [-0.15, -0.1) is 0 Å². The van der Waals surface area contributed by atoms with Crippen LogP contribution in [0, 0.1) is 11.6 Å². The van der Waals surface area contributed by atoms with Crippen molar-refractivity contribution in [2.75, 3.05) is 84.5 Å². The normalized spacial score (nSPS) is 21.3. The highest BCUT2D eigenvalue weighted by Crippen LogP contribution is 2.32. The second-order valence-electron chi connectivity index (χ2n) is 28.2. The van der Waals surface area contributed by atoms with Gasteiger partial charge in [0.05, 0.1) is 65.5 Å². The Morgan fingerprint density at radius 1 is 0.638 bits per heavy atom. The fourth-order valence-electron chi connectivity index (χ4n) is 13.3. The first-order valence-electron chi connectivity index (χ1n) is 38.0. The van der Waals surface area contributed by atoms with E-state index in [9.17, 15) is 48.6 Å². The van der Waals surface area contributed by atoms with Gasteiger partial charge >= 0.3 is 5.97 Å². The highest BCUT2D eigenvalue weighted by molar-refractivity contribution is 7.98. The van der Waals surface area contributed by atoms with Crippen LogP contribution >= 0.6 is 23.5 Å². The number of hydrogen-bond donors (Lipinski definition) is 15. The molecule has 2 aliphatic heterocycles. The fraction of sp³-hybridized carbons (Fsp3) is 0.456. The number of carboxylic acids is 1. The number of ether oxygens (including phenoxy) is 4. The van der Waals surface area contributed by atoms with E-state index in [0.717, 1.165) is 17.2 Å². The highest BCUT2D eigenvalue weighted by atomic mass is 32.2. The Morgan fingerprint density at radius 3 is 1.83 bits per heavy atom. The van der Waals surface area contributed by atoms with Crippen molar-refractivity contribution in [1.29, 1.82) is 0 Å². The number of imidazole rings is 1. The lowest BCUT2D eigenvalue weighted by molar-refractivity contribution is -0.147. The number of carbonyl (C=O) groups excluding carboxylic acids is 11. The number of rotatable bonds is 28. The Hall–Kier alpha value is -11.0. The van der Waals surface area contributed by atoms with Gasteiger partial charge in [-0.25, -0.2) is 13.8 Å². The number of phenolic OH excluding ortho intramolecular Hbond substituents is 1. The summed E-state index contributed by atoms with van der Waals surface area (Å²) in [7, 11) is 1.58. The van der Waals surface area contributed by atoms with Crippen molar-refractivity contribution in [3.8, 4) is 5.75 Å². The first-order valence-corrected chi connectivity index (χ1v) is 40.3. The number of nitrogens with zero attached hydrogens (tertiary/aromatic N) is 2. The largest absolute Gasteiger partial charge is 0.508 e. The molecule has 33 nitrogen and oxygen atoms in total. The Bertz CT molecular complexity index is 4540. The molecule has 0 unspecified atom stereocenters. The first-order chi connectivity index (χ1) is 55.8. The molecular weight excluding hydrogens is 1550 g/mol. The molecule has 2 bridgehead atoms. The maximum absolute atomic E-state index is 15.3. The third-order valence-corrected chi connectivity index (χ3v) is 21.6. The molecule has 0 aliphatic carbocycles. The van der Waals surface area contributed by atoms with E-state index in [4.69, 9.17) is 24.7 Å². The van der Waals surface area contributed by atoms with Crippen molar-refractivity contribution in [2.24, 2.45) is 5.73 Å². The number of carbonyl (C=O) groups is 12. The Labute approximate surface area is 675 Å². The van der Waals surface area contributed by atoms with E-state index in [1.54, 1.807) is 7.11 Å². The number of aliphatic carboxylic acids is 1. The van der Waals surface area contributed by atoms with Crippen LogP contribution < -0.4 is 53.6 Å². The van der Waals surface area contributed by atoms with Gasteiger partial charge in [-0.3, -0.25) is 57.5 Å². The van der Waals surface area contributed by atoms with Gasteiger partial charge < -0.3 is 103 Å². The number of aromatic amines is 3. The monoisotopic (exact) mass is 1650 g/mol. The maximum atomic E-state index is 15.3. The molecule has 1 saturated heterocycles. The molecule has 16 N–H and O–H groups in total. The number of nitrogens with two attached hydrogens (primary N) is 1. The molecule has 3 aromatic heterocycles. The summed E-state index contributed by atoms with van der Waals surface area (Å²) in [5.74, 6) is -11.5. The van der Waals surface area contributed by atoms with Gasteiger partial charge in [0.15, 0.2) is 0 Å². The summed E-state index contributed by atoms with van der Waals surface area (Å²) in [5, 5.41) is 45.1. The first kappa shape index (κ1) is 89.0. The zero-order valence-corrected chi connectivity index (χ0v) is 65.9. The molecule has 8 atom stereocenters. The van der Waals surface area contributed by atoms with E-state index in [1.165, 1.54) is 115 Å². The lowest BCUT2D eigenvalue weighted by Crippen LogP contribution is -2.63. The number of aromatic nitrogens is 4. The molecule has 0 saturated carbocycles.